The number of hydrogen-bond acceptors (Lipinski definition) is 1. The van der Waals surface area contributed by atoms with E-state index >= 15 is 0 Å². The van der Waals surface area contributed by atoms with Gasteiger partial charge in [-0.25, -0.2) is 0 Å². The minimum absolute atomic E-state index is 0.0866. The highest BCUT2D eigenvalue weighted by Gasteiger charge is 2.17. The fraction of sp³-hybridized carbons (Fsp3) is 0. The summed E-state index contributed by atoms with van der Waals surface area (Å²) in [5.41, 5.74) is 3.07. The summed E-state index contributed by atoms with van der Waals surface area (Å²) in [6, 6.07) is 12.2. The summed E-state index contributed by atoms with van der Waals surface area (Å²) >= 11 is 8.75. The molecule has 0 aliphatic carbocycles. The maximum absolute atomic E-state index is 11.7. The second-order valence-corrected chi connectivity index (χ2v) is 7.77. The molecule has 18 heavy (non-hydrogen) atoms. The molecule has 0 aliphatic heterocycles. The van der Waals surface area contributed by atoms with Crippen LogP contribution in [0, 0.1) is 10.7 Å². The van der Waals surface area contributed by atoms with Gasteiger partial charge in [0.1, 0.15) is 0 Å². The molecule has 1 nitrogen and oxygen atoms in total. The predicted molar refractivity (Wildman–Crippen MR) is 108 cm³/mol. The topological polar surface area (TPSA) is 17.1 Å². The van der Waals surface area contributed by atoms with Gasteiger partial charge in [-0.05, 0) is 85.0 Å². The Bertz CT molecular complexity index is 608. The van der Waals surface area contributed by atoms with Crippen LogP contribution in [0.3, 0.4) is 0 Å². The summed E-state index contributed by atoms with van der Waals surface area (Å²) in [6.07, 6.45) is 0. The smallest absolute Gasteiger partial charge is 0.223 e. The Morgan fingerprint density at radius 3 is 2.06 bits per heavy atom. The second-order valence-electron chi connectivity index (χ2n) is 3.55. The molecule has 0 heterocycles. The maximum Gasteiger partial charge on any atom is 0.223 e. The Morgan fingerprint density at radius 2 is 1.50 bits per heavy atom. The van der Waals surface area contributed by atoms with Gasteiger partial charge < -0.3 is 0 Å². The van der Waals surface area contributed by atoms with Gasteiger partial charge in [0.15, 0.2) is 0 Å². The van der Waals surface area contributed by atoms with Gasteiger partial charge in [0.2, 0.25) is 3.79 Å². The van der Waals surface area contributed by atoms with Gasteiger partial charge in [0.25, 0.3) is 0 Å². The van der Waals surface area contributed by atoms with E-state index in [0.29, 0.717) is 0 Å². The molecule has 0 atom stereocenters. The second kappa shape index (κ2) is 6.66. The fourth-order valence-corrected chi connectivity index (χ4v) is 5.02. The van der Waals surface area contributed by atoms with Gasteiger partial charge >= 0.3 is 0 Å². The first-order chi connectivity index (χ1) is 8.52. The first kappa shape index (κ1) is 15.4. The highest BCUT2D eigenvalue weighted by Crippen LogP contribution is 2.34. The third-order valence-corrected chi connectivity index (χ3v) is 8.41. The number of halogens is 4. The number of benzene rings is 2. The molecule has 0 unspecified atom stereocenters. The zero-order valence-electron chi connectivity index (χ0n) is 8.88. The summed E-state index contributed by atoms with van der Waals surface area (Å²) in [7, 11) is 0. The first-order valence-electron chi connectivity index (χ1n) is 4.95. The fourth-order valence-electron chi connectivity index (χ4n) is 1.57. The maximum atomic E-state index is 11.7. The van der Waals surface area contributed by atoms with Gasteiger partial charge in [0.05, 0.1) is 0 Å². The van der Waals surface area contributed by atoms with E-state index in [4.69, 9.17) is 0 Å². The van der Waals surface area contributed by atoms with Crippen molar-refractivity contribution in [2.45, 2.75) is 0 Å². The van der Waals surface area contributed by atoms with E-state index in [2.05, 4.69) is 79.9 Å². The van der Waals surface area contributed by atoms with Gasteiger partial charge in [-0.3, -0.25) is 4.79 Å². The van der Waals surface area contributed by atoms with Gasteiger partial charge in [-0.15, -0.1) is 0 Å². The summed E-state index contributed by atoms with van der Waals surface area (Å²) in [4.78, 5) is 11.7. The van der Waals surface area contributed by atoms with E-state index in [-0.39, 0.29) is 3.79 Å². The van der Waals surface area contributed by atoms with Crippen LogP contribution in [0.5, 0.6) is 0 Å². The van der Waals surface area contributed by atoms with Crippen LogP contribution in [-0.4, -0.2) is 3.79 Å². The zero-order valence-corrected chi connectivity index (χ0v) is 17.5. The van der Waals surface area contributed by atoms with Crippen molar-refractivity contribution in [3.05, 3.63) is 52.7 Å². The van der Waals surface area contributed by atoms with Crippen molar-refractivity contribution in [1.82, 2.24) is 0 Å². The van der Waals surface area contributed by atoms with Crippen LogP contribution in [0.15, 0.2) is 36.4 Å². The molecule has 0 saturated carbocycles. The van der Waals surface area contributed by atoms with Gasteiger partial charge in [-0.1, -0.05) is 30.3 Å². The van der Waals surface area contributed by atoms with Crippen LogP contribution in [0.4, 0.5) is 0 Å². The molecule has 2 aromatic carbocycles. The highest BCUT2D eigenvalue weighted by molar-refractivity contribution is 14.1. The van der Waals surface area contributed by atoms with E-state index in [0.717, 1.165) is 23.8 Å². The Balaban J connectivity index is 2.73. The van der Waals surface area contributed by atoms with Crippen molar-refractivity contribution in [1.29, 1.82) is 0 Å². The molecule has 0 fully saturated rings. The average molecular weight is 686 g/mol. The van der Waals surface area contributed by atoms with E-state index in [1.54, 1.807) is 0 Å². The van der Waals surface area contributed by atoms with Gasteiger partial charge in [0, 0.05) is 38.9 Å². The van der Waals surface area contributed by atoms with E-state index in [1.165, 1.54) is 3.57 Å². The summed E-state index contributed by atoms with van der Waals surface area (Å²) in [5.74, 6) is 0. The third kappa shape index (κ3) is 3.19. The van der Waals surface area contributed by atoms with Crippen molar-refractivity contribution in [2.75, 3.05) is 0 Å². The molecule has 0 radical (unpaired) electrons. The third-order valence-electron chi connectivity index (χ3n) is 2.44. The van der Waals surface area contributed by atoms with Crippen molar-refractivity contribution < 1.29 is 4.79 Å². The average Bonchev–Trinajstić information content (AvgIpc) is 2.37. The van der Waals surface area contributed by atoms with E-state index < -0.39 is 0 Å². The minimum Gasteiger partial charge on any atom is -0.282 e. The van der Waals surface area contributed by atoms with Crippen LogP contribution < -0.4 is 0 Å². The molecular weight excluding hydrogens is 680 g/mol. The molecule has 92 valence electrons. The largest absolute Gasteiger partial charge is 0.282 e. The Hall–Kier alpha value is 1.03. The van der Waals surface area contributed by atoms with Crippen molar-refractivity contribution in [2.24, 2.45) is 0 Å². The van der Waals surface area contributed by atoms with Gasteiger partial charge in [-0.2, -0.15) is 0 Å². The lowest BCUT2D eigenvalue weighted by Crippen LogP contribution is -2.00. The highest BCUT2D eigenvalue weighted by atomic mass is 127. The number of rotatable bonds is 2. The number of carbonyl (C=O) groups excluding carboxylic acids is 1. The zero-order chi connectivity index (χ0) is 13.3. The lowest BCUT2D eigenvalue weighted by atomic mass is 10.0. The Morgan fingerprint density at radius 1 is 0.889 bits per heavy atom. The molecule has 2 aromatic rings. The first-order valence-corrected chi connectivity index (χ1v) is 9.26. The normalized spacial score (nSPS) is 10.4. The van der Waals surface area contributed by atoms with Crippen molar-refractivity contribution >= 4 is 94.2 Å². The molecule has 0 bridgehead atoms. The lowest BCUT2D eigenvalue weighted by Gasteiger charge is -2.11. The predicted octanol–water partition coefficient (Wildman–Crippen LogP) is 5.74. The Labute approximate surface area is 160 Å². The lowest BCUT2D eigenvalue weighted by molar-refractivity contribution is 0.110. The molecule has 5 heteroatoms. The SMILES string of the molecule is O=C(I)c1cc(-c2ccccc2)c(I)c(I)c1I. The summed E-state index contributed by atoms with van der Waals surface area (Å²) in [5, 5.41) is 0. The molecule has 2 rings (SSSR count). The molecule has 0 aliphatic rings. The van der Waals surface area contributed by atoms with E-state index in [1.807, 2.05) is 46.9 Å². The van der Waals surface area contributed by atoms with Crippen LogP contribution in [-0.2, 0) is 0 Å². The standard InChI is InChI=1S/C13H6I4O/c14-10-8(7-4-2-1-3-5-7)6-9(13(17)18)11(15)12(10)16/h1-6H. The number of carbonyl (C=O) groups is 1. The molecule has 0 spiro atoms. The monoisotopic (exact) mass is 686 g/mol. The molecule has 0 aromatic heterocycles. The van der Waals surface area contributed by atoms with Crippen LogP contribution in [0.25, 0.3) is 11.1 Å². The minimum atomic E-state index is 0.0866. The van der Waals surface area contributed by atoms with Crippen molar-refractivity contribution in [3.8, 4) is 11.1 Å². The van der Waals surface area contributed by atoms with Crippen molar-refractivity contribution in [3.63, 3.8) is 0 Å². The van der Waals surface area contributed by atoms with Crippen LogP contribution in [0.1, 0.15) is 10.4 Å². The molecule has 0 N–H and O–H groups in total. The molecular formula is C13H6I4O. The van der Waals surface area contributed by atoms with E-state index in [9.17, 15) is 4.79 Å². The molecule has 0 amide bonds. The van der Waals surface area contributed by atoms with Crippen LogP contribution in [0.2, 0.25) is 0 Å². The summed E-state index contributed by atoms with van der Waals surface area (Å²) < 4.78 is 3.47. The summed E-state index contributed by atoms with van der Waals surface area (Å²) in [6.45, 7) is 0. The number of hydrogen-bond donors (Lipinski definition) is 0. The Kier molecular flexibility index (Phi) is 5.70. The molecule has 0 saturated heterocycles. The quantitative estimate of drug-likeness (QED) is 0.224. The van der Waals surface area contributed by atoms with Crippen LogP contribution >= 0.6 is 90.4 Å².